The monoisotopic (exact) mass is 269 g/mol. The molecule has 4 nitrogen and oxygen atoms in total. The second-order valence-electron chi connectivity index (χ2n) is 5.36. The second-order valence-corrected chi connectivity index (χ2v) is 6.81. The number of thioether (sulfide) groups is 1. The maximum absolute atomic E-state index is 8.94. The van der Waals surface area contributed by atoms with Crippen LogP contribution in [0.4, 0.5) is 5.82 Å². The number of aromatic nitrogens is 2. The van der Waals surface area contributed by atoms with Crippen LogP contribution in [-0.2, 0) is 5.41 Å². The van der Waals surface area contributed by atoms with Gasteiger partial charge in [0.05, 0.1) is 0 Å². The molecule has 1 aromatic heterocycles. The Kier molecular flexibility index (Phi) is 5.41. The zero-order valence-electron chi connectivity index (χ0n) is 11.8. The maximum Gasteiger partial charge on any atom is 0.137 e. The summed E-state index contributed by atoms with van der Waals surface area (Å²) in [4.78, 5) is 9.10. The minimum absolute atomic E-state index is 0.0671. The summed E-state index contributed by atoms with van der Waals surface area (Å²) in [5.74, 6) is 1.68. The van der Waals surface area contributed by atoms with Crippen LogP contribution < -0.4 is 5.32 Å². The van der Waals surface area contributed by atoms with E-state index in [1.807, 2.05) is 13.1 Å². The molecule has 0 aliphatic rings. The van der Waals surface area contributed by atoms with E-state index in [9.17, 15) is 0 Å². The summed E-state index contributed by atoms with van der Waals surface area (Å²) in [5, 5.41) is 13.3. The third-order valence-corrected chi connectivity index (χ3v) is 3.58. The topological polar surface area (TPSA) is 58.0 Å². The van der Waals surface area contributed by atoms with E-state index in [1.54, 1.807) is 11.8 Å². The fraction of sp³-hybridized carbons (Fsp3) is 0.692. The molecule has 0 radical (unpaired) electrons. The van der Waals surface area contributed by atoms with Gasteiger partial charge in [0, 0.05) is 30.4 Å². The van der Waals surface area contributed by atoms with E-state index in [0.29, 0.717) is 5.25 Å². The highest BCUT2D eigenvalue weighted by atomic mass is 32.2. The second kappa shape index (κ2) is 6.38. The van der Waals surface area contributed by atoms with E-state index < -0.39 is 0 Å². The van der Waals surface area contributed by atoms with Crippen molar-refractivity contribution in [1.29, 1.82) is 0 Å². The Labute approximate surface area is 114 Å². The van der Waals surface area contributed by atoms with E-state index in [1.165, 1.54) is 0 Å². The molecule has 0 fully saturated rings. The number of nitrogens with zero attached hydrogens (tertiary/aromatic N) is 2. The van der Waals surface area contributed by atoms with Crippen molar-refractivity contribution >= 4 is 17.6 Å². The number of aliphatic hydroxyl groups is 1. The van der Waals surface area contributed by atoms with Crippen molar-refractivity contribution in [2.45, 2.75) is 49.8 Å². The van der Waals surface area contributed by atoms with Gasteiger partial charge in [-0.2, -0.15) is 0 Å². The predicted octanol–water partition coefficient (Wildman–Crippen LogP) is 2.68. The highest BCUT2D eigenvalue weighted by Gasteiger charge is 2.19. The number of nitrogens with one attached hydrogen (secondary N) is 1. The normalized spacial score (nSPS) is 13.4. The molecule has 1 unspecified atom stereocenters. The van der Waals surface area contributed by atoms with E-state index >= 15 is 0 Å². The van der Waals surface area contributed by atoms with Gasteiger partial charge in [-0.05, 0) is 6.42 Å². The Balaban J connectivity index is 2.97. The van der Waals surface area contributed by atoms with Crippen LogP contribution in [0.25, 0.3) is 0 Å². The average molecular weight is 269 g/mol. The quantitative estimate of drug-likeness (QED) is 0.636. The number of hydrogen-bond acceptors (Lipinski definition) is 5. The number of rotatable bonds is 5. The highest BCUT2D eigenvalue weighted by Crippen LogP contribution is 2.28. The van der Waals surface area contributed by atoms with E-state index in [-0.39, 0.29) is 12.0 Å². The summed E-state index contributed by atoms with van der Waals surface area (Å²) in [5.41, 5.74) is -0.0671. The molecule has 0 aliphatic carbocycles. The highest BCUT2D eigenvalue weighted by molar-refractivity contribution is 7.99. The van der Waals surface area contributed by atoms with Crippen LogP contribution in [0.3, 0.4) is 0 Å². The van der Waals surface area contributed by atoms with Gasteiger partial charge >= 0.3 is 0 Å². The molecule has 102 valence electrons. The Morgan fingerprint density at radius 2 is 2.06 bits per heavy atom. The Bertz CT molecular complexity index is 390. The molecule has 0 amide bonds. The SMILES string of the molecule is CNc1cc(SC(C)CCO)nc(C(C)(C)C)n1. The molecule has 2 N–H and O–H groups in total. The van der Waals surface area contributed by atoms with Crippen molar-refractivity contribution in [2.24, 2.45) is 0 Å². The summed E-state index contributed by atoms with van der Waals surface area (Å²) in [6, 6.07) is 1.95. The zero-order chi connectivity index (χ0) is 13.8. The molecule has 1 rings (SSSR count). The standard InChI is InChI=1S/C13H23N3OS/c1-9(6-7-17)18-11-8-10(14-5)15-12(16-11)13(2,3)4/h8-9,17H,6-7H2,1-5H3,(H,14,15,16). The van der Waals surface area contributed by atoms with Gasteiger partial charge in [0.2, 0.25) is 0 Å². The molecule has 0 saturated carbocycles. The number of hydrogen-bond donors (Lipinski definition) is 2. The average Bonchev–Trinajstić information content (AvgIpc) is 2.27. The Hall–Kier alpha value is -0.810. The summed E-state index contributed by atoms with van der Waals surface area (Å²) < 4.78 is 0. The predicted molar refractivity (Wildman–Crippen MR) is 77.3 cm³/mol. The van der Waals surface area contributed by atoms with Gasteiger partial charge in [0.1, 0.15) is 16.7 Å². The largest absolute Gasteiger partial charge is 0.396 e. The molecule has 18 heavy (non-hydrogen) atoms. The van der Waals surface area contributed by atoms with Crippen molar-refractivity contribution < 1.29 is 5.11 Å². The lowest BCUT2D eigenvalue weighted by Crippen LogP contribution is -2.17. The first-order valence-corrected chi connectivity index (χ1v) is 7.09. The van der Waals surface area contributed by atoms with E-state index in [4.69, 9.17) is 5.11 Å². The van der Waals surface area contributed by atoms with Gasteiger partial charge in [-0.3, -0.25) is 0 Å². The first-order valence-electron chi connectivity index (χ1n) is 6.21. The maximum atomic E-state index is 8.94. The minimum Gasteiger partial charge on any atom is -0.396 e. The minimum atomic E-state index is -0.0671. The van der Waals surface area contributed by atoms with E-state index in [2.05, 4.69) is 43.0 Å². The lowest BCUT2D eigenvalue weighted by atomic mass is 9.96. The third-order valence-electron chi connectivity index (χ3n) is 2.49. The van der Waals surface area contributed by atoms with Gasteiger partial charge in [-0.15, -0.1) is 11.8 Å². The Morgan fingerprint density at radius 3 is 2.56 bits per heavy atom. The lowest BCUT2D eigenvalue weighted by Gasteiger charge is -2.19. The molecule has 1 aromatic rings. The zero-order valence-corrected chi connectivity index (χ0v) is 12.6. The summed E-state index contributed by atoms with van der Waals surface area (Å²) in [6.45, 7) is 8.62. The summed E-state index contributed by atoms with van der Waals surface area (Å²) in [6.07, 6.45) is 0.772. The smallest absolute Gasteiger partial charge is 0.137 e. The van der Waals surface area contributed by atoms with Crippen LogP contribution in [0.15, 0.2) is 11.1 Å². The van der Waals surface area contributed by atoms with Crippen LogP contribution in [0.5, 0.6) is 0 Å². The van der Waals surface area contributed by atoms with Crippen LogP contribution in [-0.4, -0.2) is 34.0 Å². The van der Waals surface area contributed by atoms with Crippen LogP contribution >= 0.6 is 11.8 Å². The molecule has 0 bridgehead atoms. The fourth-order valence-electron chi connectivity index (χ4n) is 1.40. The molecule has 0 aliphatic heterocycles. The molecule has 1 atom stereocenters. The van der Waals surface area contributed by atoms with Crippen molar-refractivity contribution in [3.05, 3.63) is 11.9 Å². The van der Waals surface area contributed by atoms with Gasteiger partial charge in [0.15, 0.2) is 0 Å². The van der Waals surface area contributed by atoms with Crippen LogP contribution in [0.2, 0.25) is 0 Å². The van der Waals surface area contributed by atoms with Crippen LogP contribution in [0, 0.1) is 0 Å². The lowest BCUT2D eigenvalue weighted by molar-refractivity contribution is 0.289. The summed E-state index contributed by atoms with van der Waals surface area (Å²) in [7, 11) is 1.86. The summed E-state index contributed by atoms with van der Waals surface area (Å²) >= 11 is 1.68. The first-order chi connectivity index (χ1) is 8.36. The first kappa shape index (κ1) is 15.2. The van der Waals surface area contributed by atoms with Crippen molar-refractivity contribution in [1.82, 2.24) is 9.97 Å². The molecule has 1 heterocycles. The van der Waals surface area contributed by atoms with Crippen molar-refractivity contribution in [3.8, 4) is 0 Å². The van der Waals surface area contributed by atoms with Crippen LogP contribution in [0.1, 0.15) is 39.9 Å². The Morgan fingerprint density at radius 1 is 1.39 bits per heavy atom. The molecule has 5 heteroatoms. The van der Waals surface area contributed by atoms with Crippen molar-refractivity contribution in [2.75, 3.05) is 19.0 Å². The number of aliphatic hydroxyl groups excluding tert-OH is 1. The number of anilines is 1. The fourth-order valence-corrected chi connectivity index (χ4v) is 2.35. The molecule has 0 saturated heterocycles. The third kappa shape index (κ3) is 4.46. The molecule has 0 spiro atoms. The van der Waals surface area contributed by atoms with Crippen molar-refractivity contribution in [3.63, 3.8) is 0 Å². The van der Waals surface area contributed by atoms with Gasteiger partial charge < -0.3 is 10.4 Å². The molecular formula is C13H23N3OS. The molecular weight excluding hydrogens is 246 g/mol. The van der Waals surface area contributed by atoms with Gasteiger partial charge in [0.25, 0.3) is 0 Å². The van der Waals surface area contributed by atoms with E-state index in [0.717, 1.165) is 23.1 Å². The van der Waals surface area contributed by atoms with Gasteiger partial charge in [-0.25, -0.2) is 9.97 Å². The molecule has 0 aromatic carbocycles. The van der Waals surface area contributed by atoms with Gasteiger partial charge in [-0.1, -0.05) is 27.7 Å².